The Kier molecular flexibility index (Phi) is 4.83. The summed E-state index contributed by atoms with van der Waals surface area (Å²) in [6.07, 6.45) is 2.21. The van der Waals surface area contributed by atoms with Gasteiger partial charge >= 0.3 is 0 Å². The van der Waals surface area contributed by atoms with E-state index in [2.05, 4.69) is 21.2 Å². The second-order valence-corrected chi connectivity index (χ2v) is 5.33. The van der Waals surface area contributed by atoms with Gasteiger partial charge in [-0.3, -0.25) is 0 Å². The Morgan fingerprint density at radius 2 is 2.18 bits per heavy atom. The lowest BCUT2D eigenvalue weighted by Gasteiger charge is -2.30. The maximum absolute atomic E-state index is 9.47. The van der Waals surface area contributed by atoms with E-state index in [9.17, 15) is 5.11 Å². The normalized spacial score (nSPS) is 22.1. The molecule has 0 aromatic heterocycles. The Morgan fingerprint density at radius 3 is 2.76 bits per heavy atom. The van der Waals surface area contributed by atoms with Gasteiger partial charge in [-0.1, -0.05) is 15.9 Å². The van der Waals surface area contributed by atoms with Crippen LogP contribution in [0, 0.1) is 5.92 Å². The van der Waals surface area contributed by atoms with Gasteiger partial charge in [-0.25, -0.2) is 0 Å². The number of rotatable bonds is 4. The van der Waals surface area contributed by atoms with Crippen molar-refractivity contribution in [3.63, 3.8) is 0 Å². The lowest BCUT2D eigenvalue weighted by molar-refractivity contribution is 0.0392. The van der Waals surface area contributed by atoms with Crippen LogP contribution in [0.15, 0.2) is 28.7 Å². The monoisotopic (exact) mass is 299 g/mol. The van der Waals surface area contributed by atoms with Gasteiger partial charge in [0.15, 0.2) is 0 Å². The van der Waals surface area contributed by atoms with Gasteiger partial charge < -0.3 is 15.2 Å². The Labute approximate surface area is 110 Å². The average molecular weight is 300 g/mol. The summed E-state index contributed by atoms with van der Waals surface area (Å²) < 4.78 is 6.52. The summed E-state index contributed by atoms with van der Waals surface area (Å²) in [6.45, 7) is 1.74. The molecule has 2 atom stereocenters. The zero-order chi connectivity index (χ0) is 12.1. The average Bonchev–Trinajstić information content (AvgIpc) is 2.39. The quantitative estimate of drug-likeness (QED) is 0.898. The molecule has 1 aromatic rings. The molecule has 1 aromatic carbocycles. The van der Waals surface area contributed by atoms with Crippen LogP contribution in [-0.4, -0.2) is 31.0 Å². The zero-order valence-electron chi connectivity index (χ0n) is 9.73. The molecule has 0 radical (unpaired) electrons. The van der Waals surface area contributed by atoms with E-state index in [1.807, 2.05) is 24.3 Å². The number of hydrogen-bond donors (Lipinski definition) is 2. The number of ether oxygens (including phenoxy) is 1. The number of aliphatic hydroxyl groups is 1. The summed E-state index contributed by atoms with van der Waals surface area (Å²) in [5.41, 5.74) is 1.04. The predicted octanol–water partition coefficient (Wildman–Crippen LogP) is 2.65. The lowest BCUT2D eigenvalue weighted by atomic mass is 9.94. The third-order valence-electron chi connectivity index (χ3n) is 3.16. The van der Waals surface area contributed by atoms with Gasteiger partial charge in [0.05, 0.1) is 19.3 Å². The molecule has 1 aliphatic rings. The van der Waals surface area contributed by atoms with E-state index < -0.39 is 0 Å². The zero-order valence-corrected chi connectivity index (χ0v) is 11.3. The highest BCUT2D eigenvalue weighted by Crippen LogP contribution is 2.21. The van der Waals surface area contributed by atoms with Crippen molar-refractivity contribution in [2.45, 2.75) is 18.9 Å². The summed E-state index contributed by atoms with van der Waals surface area (Å²) in [5, 5.41) is 12.8. The molecule has 2 unspecified atom stereocenters. The first-order chi connectivity index (χ1) is 8.29. The Hall–Kier alpha value is -0.580. The van der Waals surface area contributed by atoms with Crippen molar-refractivity contribution in [3.8, 4) is 0 Å². The van der Waals surface area contributed by atoms with E-state index >= 15 is 0 Å². The SMILES string of the molecule is OCC(Nc1ccc(Br)cc1)C1CCCOC1. The fourth-order valence-corrected chi connectivity index (χ4v) is 2.42. The van der Waals surface area contributed by atoms with Gasteiger partial charge in [-0.05, 0) is 37.1 Å². The largest absolute Gasteiger partial charge is 0.394 e. The molecule has 3 nitrogen and oxygen atoms in total. The number of hydrogen-bond acceptors (Lipinski definition) is 3. The van der Waals surface area contributed by atoms with E-state index in [0.717, 1.165) is 36.2 Å². The third kappa shape index (κ3) is 3.69. The van der Waals surface area contributed by atoms with Crippen molar-refractivity contribution in [2.24, 2.45) is 5.92 Å². The molecule has 1 aliphatic heterocycles. The highest BCUT2D eigenvalue weighted by atomic mass is 79.9. The lowest BCUT2D eigenvalue weighted by Crippen LogP contribution is -2.37. The molecule has 0 saturated carbocycles. The smallest absolute Gasteiger partial charge is 0.0636 e. The number of nitrogens with one attached hydrogen (secondary N) is 1. The van der Waals surface area contributed by atoms with Gasteiger partial charge in [0, 0.05) is 22.7 Å². The molecule has 1 fully saturated rings. The molecule has 2 rings (SSSR count). The molecule has 1 saturated heterocycles. The first-order valence-corrected chi connectivity index (χ1v) is 6.79. The van der Waals surface area contributed by atoms with Crippen LogP contribution in [-0.2, 0) is 4.74 Å². The summed E-state index contributed by atoms with van der Waals surface area (Å²) in [4.78, 5) is 0. The Morgan fingerprint density at radius 1 is 1.41 bits per heavy atom. The van der Waals surface area contributed by atoms with Crippen molar-refractivity contribution < 1.29 is 9.84 Å². The third-order valence-corrected chi connectivity index (χ3v) is 3.69. The van der Waals surface area contributed by atoms with Crippen LogP contribution in [0.1, 0.15) is 12.8 Å². The fourth-order valence-electron chi connectivity index (χ4n) is 2.16. The minimum Gasteiger partial charge on any atom is -0.394 e. The van der Waals surface area contributed by atoms with Crippen LogP contribution >= 0.6 is 15.9 Å². The molecule has 17 heavy (non-hydrogen) atoms. The minimum absolute atomic E-state index is 0.0801. The summed E-state index contributed by atoms with van der Waals surface area (Å²) in [6, 6.07) is 8.09. The van der Waals surface area contributed by atoms with Crippen LogP contribution < -0.4 is 5.32 Å². The molecule has 1 heterocycles. The Balaban J connectivity index is 1.96. The fraction of sp³-hybridized carbons (Fsp3) is 0.538. The second kappa shape index (κ2) is 6.38. The van der Waals surface area contributed by atoms with Crippen molar-refractivity contribution in [1.82, 2.24) is 0 Å². The highest BCUT2D eigenvalue weighted by Gasteiger charge is 2.23. The highest BCUT2D eigenvalue weighted by molar-refractivity contribution is 9.10. The van der Waals surface area contributed by atoms with Gasteiger partial charge in [-0.2, -0.15) is 0 Å². The molecule has 0 bridgehead atoms. The van der Waals surface area contributed by atoms with Crippen LogP contribution in [0.5, 0.6) is 0 Å². The van der Waals surface area contributed by atoms with E-state index in [0.29, 0.717) is 5.92 Å². The molecule has 94 valence electrons. The first kappa shape index (κ1) is 12.9. The molecule has 2 N–H and O–H groups in total. The second-order valence-electron chi connectivity index (χ2n) is 4.42. The van der Waals surface area contributed by atoms with Crippen LogP contribution in [0.4, 0.5) is 5.69 Å². The molecule has 0 aliphatic carbocycles. The topological polar surface area (TPSA) is 41.5 Å². The summed E-state index contributed by atoms with van der Waals surface area (Å²) in [5.74, 6) is 0.400. The van der Waals surface area contributed by atoms with E-state index in [1.165, 1.54) is 0 Å². The van der Waals surface area contributed by atoms with Gasteiger partial charge in [0.1, 0.15) is 0 Å². The van der Waals surface area contributed by atoms with Gasteiger partial charge in [-0.15, -0.1) is 0 Å². The van der Waals surface area contributed by atoms with Gasteiger partial charge in [0.25, 0.3) is 0 Å². The number of aliphatic hydroxyl groups excluding tert-OH is 1. The predicted molar refractivity (Wildman–Crippen MR) is 72.2 cm³/mol. The minimum atomic E-state index is 0.0801. The van der Waals surface area contributed by atoms with Crippen molar-refractivity contribution >= 4 is 21.6 Å². The maximum atomic E-state index is 9.47. The summed E-state index contributed by atoms with van der Waals surface area (Å²) >= 11 is 3.41. The standard InChI is InChI=1S/C13H18BrNO2/c14-11-3-5-12(6-4-11)15-13(8-16)10-2-1-7-17-9-10/h3-6,10,13,15-16H,1-2,7-9H2. The van der Waals surface area contributed by atoms with E-state index in [1.54, 1.807) is 0 Å². The van der Waals surface area contributed by atoms with Crippen LogP contribution in [0.2, 0.25) is 0 Å². The number of anilines is 1. The van der Waals surface area contributed by atoms with E-state index in [4.69, 9.17) is 4.74 Å². The maximum Gasteiger partial charge on any atom is 0.0636 e. The van der Waals surface area contributed by atoms with Crippen LogP contribution in [0.25, 0.3) is 0 Å². The Bertz CT molecular complexity index is 336. The van der Waals surface area contributed by atoms with Crippen molar-refractivity contribution in [1.29, 1.82) is 0 Å². The van der Waals surface area contributed by atoms with E-state index in [-0.39, 0.29) is 12.6 Å². The van der Waals surface area contributed by atoms with Gasteiger partial charge in [0.2, 0.25) is 0 Å². The molecule has 0 spiro atoms. The molecular weight excluding hydrogens is 282 g/mol. The van der Waals surface area contributed by atoms with Crippen molar-refractivity contribution in [3.05, 3.63) is 28.7 Å². The first-order valence-electron chi connectivity index (χ1n) is 6.00. The van der Waals surface area contributed by atoms with Crippen LogP contribution in [0.3, 0.4) is 0 Å². The molecule has 0 amide bonds. The molecular formula is C13H18BrNO2. The number of benzene rings is 1. The number of halogens is 1. The van der Waals surface area contributed by atoms with Crippen molar-refractivity contribution in [2.75, 3.05) is 25.1 Å². The molecule has 4 heteroatoms. The summed E-state index contributed by atoms with van der Waals surface area (Å²) in [7, 11) is 0.